The van der Waals surface area contributed by atoms with Gasteiger partial charge in [-0.3, -0.25) is 9.58 Å². The number of fused-ring (bicyclic) bond motifs is 1. The first-order chi connectivity index (χ1) is 10.0. The maximum absolute atomic E-state index is 12.4. The number of halogens is 2. The van der Waals surface area contributed by atoms with Gasteiger partial charge in [0.1, 0.15) is 11.6 Å². The Morgan fingerprint density at radius 2 is 2.14 bits per heavy atom. The number of anilines is 1. The molecule has 6 nitrogen and oxygen atoms in total. The van der Waals surface area contributed by atoms with Crippen LogP contribution in [0.1, 0.15) is 19.2 Å². The van der Waals surface area contributed by atoms with Gasteiger partial charge in [0.15, 0.2) is 5.65 Å². The van der Waals surface area contributed by atoms with Gasteiger partial charge in [-0.25, -0.2) is 18.7 Å². The molecular formula is C13H20F2N6. The Morgan fingerprint density at radius 3 is 2.81 bits per heavy atom. The number of aromatic nitrogens is 4. The summed E-state index contributed by atoms with van der Waals surface area (Å²) in [7, 11) is 3.42. The molecule has 0 radical (unpaired) electrons. The molecule has 0 aliphatic heterocycles. The number of aryl methyl sites for hydroxylation is 1. The maximum Gasteiger partial charge on any atom is 0.251 e. The van der Waals surface area contributed by atoms with Gasteiger partial charge in [-0.2, -0.15) is 5.10 Å². The van der Waals surface area contributed by atoms with E-state index in [2.05, 4.69) is 27.3 Å². The summed E-state index contributed by atoms with van der Waals surface area (Å²) < 4.78 is 26.4. The van der Waals surface area contributed by atoms with E-state index in [9.17, 15) is 8.78 Å². The van der Waals surface area contributed by atoms with Crippen molar-refractivity contribution in [3.05, 3.63) is 12.0 Å². The second-order valence-electron chi connectivity index (χ2n) is 5.01. The zero-order chi connectivity index (χ0) is 15.4. The Bertz CT molecular complexity index is 598. The normalized spacial score (nSPS) is 11.8. The van der Waals surface area contributed by atoms with E-state index in [1.807, 2.05) is 0 Å². The van der Waals surface area contributed by atoms with Gasteiger partial charge >= 0.3 is 0 Å². The summed E-state index contributed by atoms with van der Waals surface area (Å²) >= 11 is 0. The molecule has 0 amide bonds. The fourth-order valence-electron chi connectivity index (χ4n) is 2.06. The van der Waals surface area contributed by atoms with E-state index in [1.165, 1.54) is 4.90 Å². The lowest BCUT2D eigenvalue weighted by molar-refractivity contribution is 0.0965. The van der Waals surface area contributed by atoms with Gasteiger partial charge in [-0.1, -0.05) is 6.92 Å². The number of nitrogens with one attached hydrogen (secondary N) is 1. The molecule has 2 heterocycles. The molecule has 2 aromatic rings. The molecule has 0 aliphatic carbocycles. The predicted molar refractivity (Wildman–Crippen MR) is 77.4 cm³/mol. The number of alkyl halides is 2. The minimum absolute atomic E-state index is 0.270. The summed E-state index contributed by atoms with van der Waals surface area (Å²) in [4.78, 5) is 10.4. The highest BCUT2D eigenvalue weighted by Crippen LogP contribution is 2.20. The lowest BCUT2D eigenvalue weighted by atomic mass is 10.3. The van der Waals surface area contributed by atoms with E-state index in [-0.39, 0.29) is 13.1 Å². The van der Waals surface area contributed by atoms with Crippen molar-refractivity contribution in [2.24, 2.45) is 7.05 Å². The number of nitrogens with zero attached hydrogens (tertiary/aromatic N) is 5. The van der Waals surface area contributed by atoms with E-state index in [1.54, 1.807) is 25.0 Å². The van der Waals surface area contributed by atoms with Gasteiger partial charge < -0.3 is 5.32 Å². The van der Waals surface area contributed by atoms with Crippen molar-refractivity contribution < 1.29 is 8.78 Å². The number of rotatable bonds is 7. The first kappa shape index (κ1) is 15.6. The van der Waals surface area contributed by atoms with E-state index in [4.69, 9.17) is 0 Å². The van der Waals surface area contributed by atoms with Crippen molar-refractivity contribution in [1.82, 2.24) is 24.6 Å². The van der Waals surface area contributed by atoms with Gasteiger partial charge in [-0.15, -0.1) is 0 Å². The Kier molecular flexibility index (Phi) is 5.00. The van der Waals surface area contributed by atoms with Crippen LogP contribution in [0.4, 0.5) is 14.6 Å². The summed E-state index contributed by atoms with van der Waals surface area (Å²) in [6.45, 7) is 2.82. The highest BCUT2D eigenvalue weighted by molar-refractivity contribution is 5.86. The minimum atomic E-state index is -2.37. The van der Waals surface area contributed by atoms with Crippen molar-refractivity contribution >= 4 is 16.9 Å². The van der Waals surface area contributed by atoms with Crippen LogP contribution in [0.25, 0.3) is 11.0 Å². The fourth-order valence-corrected chi connectivity index (χ4v) is 2.06. The molecule has 0 fully saturated rings. The molecular weight excluding hydrogens is 278 g/mol. The average Bonchev–Trinajstić information content (AvgIpc) is 2.77. The molecule has 1 N–H and O–H groups in total. The third-order valence-electron chi connectivity index (χ3n) is 3.04. The monoisotopic (exact) mass is 298 g/mol. The Balaban J connectivity index is 2.28. The molecule has 0 aromatic carbocycles. The largest absolute Gasteiger partial charge is 0.369 e. The zero-order valence-electron chi connectivity index (χ0n) is 12.5. The van der Waals surface area contributed by atoms with E-state index >= 15 is 0 Å². The van der Waals surface area contributed by atoms with E-state index in [0.29, 0.717) is 17.3 Å². The topological polar surface area (TPSA) is 58.9 Å². The molecule has 0 bridgehead atoms. The average molecular weight is 298 g/mol. The van der Waals surface area contributed by atoms with E-state index in [0.717, 1.165) is 18.4 Å². The second-order valence-corrected chi connectivity index (χ2v) is 5.01. The number of hydrogen-bond acceptors (Lipinski definition) is 5. The van der Waals surface area contributed by atoms with Gasteiger partial charge in [0, 0.05) is 13.6 Å². The third kappa shape index (κ3) is 3.84. The molecule has 8 heteroatoms. The number of hydrogen-bond donors (Lipinski definition) is 1. The first-order valence-electron chi connectivity index (χ1n) is 6.90. The quantitative estimate of drug-likeness (QED) is 0.846. The van der Waals surface area contributed by atoms with Crippen LogP contribution in [-0.2, 0) is 13.6 Å². The second kappa shape index (κ2) is 6.75. The van der Waals surface area contributed by atoms with Gasteiger partial charge in [0.25, 0.3) is 6.43 Å². The highest BCUT2D eigenvalue weighted by Gasteiger charge is 2.14. The van der Waals surface area contributed by atoms with Crippen LogP contribution in [0.5, 0.6) is 0 Å². The molecule has 0 aliphatic rings. The van der Waals surface area contributed by atoms with Crippen molar-refractivity contribution in [1.29, 1.82) is 0 Å². The molecule has 0 unspecified atom stereocenters. The van der Waals surface area contributed by atoms with Crippen LogP contribution in [0, 0.1) is 0 Å². The van der Waals surface area contributed by atoms with Crippen molar-refractivity contribution in [2.75, 3.05) is 25.5 Å². The molecule has 2 aromatic heterocycles. The standard InChI is InChI=1S/C13H20F2N6/c1-4-5-16-12-9-6-17-21(3)13(9)19-11(18-12)8-20(2)7-10(14)15/h6,10H,4-5,7-8H2,1-3H3,(H,16,18,19). The molecule has 0 saturated heterocycles. The summed E-state index contributed by atoms with van der Waals surface area (Å²) in [6.07, 6.45) is 0.305. The van der Waals surface area contributed by atoms with Crippen LogP contribution in [0.15, 0.2) is 6.20 Å². The van der Waals surface area contributed by atoms with Crippen LogP contribution in [0.2, 0.25) is 0 Å². The first-order valence-corrected chi connectivity index (χ1v) is 6.90. The highest BCUT2D eigenvalue weighted by atomic mass is 19.3. The summed E-state index contributed by atoms with van der Waals surface area (Å²) in [6, 6.07) is 0. The fraction of sp³-hybridized carbons (Fsp3) is 0.615. The van der Waals surface area contributed by atoms with Gasteiger partial charge in [0.05, 0.1) is 24.7 Å². The summed E-state index contributed by atoms with van der Waals surface area (Å²) in [5, 5.41) is 8.25. The maximum atomic E-state index is 12.4. The Morgan fingerprint density at radius 1 is 1.38 bits per heavy atom. The minimum Gasteiger partial charge on any atom is -0.369 e. The smallest absolute Gasteiger partial charge is 0.251 e. The van der Waals surface area contributed by atoms with Crippen molar-refractivity contribution in [3.63, 3.8) is 0 Å². The Hall–Kier alpha value is -1.83. The molecule has 2 rings (SSSR count). The molecule has 21 heavy (non-hydrogen) atoms. The molecule has 116 valence electrons. The molecule has 0 atom stereocenters. The van der Waals surface area contributed by atoms with Crippen LogP contribution in [-0.4, -0.2) is 51.2 Å². The Labute approximate surface area is 122 Å². The van der Waals surface area contributed by atoms with Crippen molar-refractivity contribution in [2.45, 2.75) is 26.3 Å². The van der Waals surface area contributed by atoms with E-state index < -0.39 is 6.43 Å². The van der Waals surface area contributed by atoms with Crippen molar-refractivity contribution in [3.8, 4) is 0 Å². The lowest BCUT2D eigenvalue weighted by Gasteiger charge is -2.15. The van der Waals surface area contributed by atoms with Crippen LogP contribution >= 0.6 is 0 Å². The zero-order valence-corrected chi connectivity index (χ0v) is 12.5. The summed E-state index contributed by atoms with van der Waals surface area (Å²) in [5.74, 6) is 1.21. The van der Waals surface area contributed by atoms with Crippen LogP contribution in [0.3, 0.4) is 0 Å². The summed E-state index contributed by atoms with van der Waals surface area (Å²) in [5.41, 5.74) is 0.698. The predicted octanol–water partition coefficient (Wildman–Crippen LogP) is 1.88. The van der Waals surface area contributed by atoms with Gasteiger partial charge in [0.2, 0.25) is 0 Å². The van der Waals surface area contributed by atoms with Crippen LogP contribution < -0.4 is 5.32 Å². The SMILES string of the molecule is CCCNc1nc(CN(C)CC(F)F)nc2c1cnn2C. The third-order valence-corrected chi connectivity index (χ3v) is 3.04. The van der Waals surface area contributed by atoms with Gasteiger partial charge in [-0.05, 0) is 13.5 Å². The molecule has 0 spiro atoms. The molecule has 0 saturated carbocycles. The lowest BCUT2D eigenvalue weighted by Crippen LogP contribution is -2.25.